The molecule has 130 valence electrons. The molecule has 1 aromatic carbocycles. The maximum atomic E-state index is 12.7. The lowest BCUT2D eigenvalue weighted by Crippen LogP contribution is -2.40. The normalized spacial score (nSPS) is 22.7. The van der Waals surface area contributed by atoms with Crippen LogP contribution in [0.4, 0.5) is 0 Å². The van der Waals surface area contributed by atoms with Crippen LogP contribution in [0.2, 0.25) is 0 Å². The molecule has 0 unspecified atom stereocenters. The lowest BCUT2D eigenvalue weighted by atomic mass is 9.91. The van der Waals surface area contributed by atoms with Gasteiger partial charge in [0.15, 0.2) is 0 Å². The van der Waals surface area contributed by atoms with E-state index in [0.717, 1.165) is 25.1 Å². The van der Waals surface area contributed by atoms with Gasteiger partial charge in [-0.15, -0.1) is 0 Å². The zero-order valence-corrected chi connectivity index (χ0v) is 14.7. The highest BCUT2D eigenvalue weighted by Crippen LogP contribution is 2.54. The van der Waals surface area contributed by atoms with Crippen molar-refractivity contribution in [2.24, 2.45) is 11.7 Å². The minimum Gasteiger partial charge on any atom is -0.342 e. The number of amides is 1. The molecule has 0 radical (unpaired) electrons. The molecule has 1 fully saturated rings. The fourth-order valence-electron chi connectivity index (χ4n) is 2.88. The molecule has 0 aromatic heterocycles. The van der Waals surface area contributed by atoms with E-state index in [4.69, 9.17) is 10.3 Å². The standard InChI is InChI=1S/C15H22N2O.CH4O3S/c1-3-17(4-2)14(18)15(10-13(15)11-16)12-8-6-5-7-9-12;1-5(2,3)4/h5-9,13H,3-4,10-11,16H2,1-2H3;1H3,(H,2,3,4)/t13-,15+;/m1./s1. The molecule has 1 aliphatic carbocycles. The highest BCUT2D eigenvalue weighted by atomic mass is 32.2. The summed E-state index contributed by atoms with van der Waals surface area (Å²) < 4.78 is 25.9. The van der Waals surface area contributed by atoms with Crippen LogP contribution in [0.1, 0.15) is 25.8 Å². The van der Waals surface area contributed by atoms with Gasteiger partial charge in [-0.1, -0.05) is 30.3 Å². The van der Waals surface area contributed by atoms with Crippen LogP contribution >= 0.6 is 0 Å². The Hall–Kier alpha value is -1.44. The van der Waals surface area contributed by atoms with Crippen LogP contribution in [-0.4, -0.2) is 49.7 Å². The molecule has 0 spiro atoms. The Balaban J connectivity index is 0.000000463. The van der Waals surface area contributed by atoms with Gasteiger partial charge in [-0.25, -0.2) is 0 Å². The van der Waals surface area contributed by atoms with E-state index in [1.54, 1.807) is 0 Å². The molecule has 3 N–H and O–H groups in total. The molecule has 1 saturated carbocycles. The fourth-order valence-corrected chi connectivity index (χ4v) is 2.88. The first kappa shape index (κ1) is 19.6. The van der Waals surface area contributed by atoms with Crippen molar-refractivity contribution in [1.29, 1.82) is 0 Å². The van der Waals surface area contributed by atoms with E-state index in [1.165, 1.54) is 0 Å². The van der Waals surface area contributed by atoms with Gasteiger partial charge in [-0.2, -0.15) is 8.42 Å². The maximum Gasteiger partial charge on any atom is 0.261 e. The van der Waals surface area contributed by atoms with Gasteiger partial charge in [0, 0.05) is 13.1 Å². The number of hydrogen-bond acceptors (Lipinski definition) is 4. The van der Waals surface area contributed by atoms with Crippen LogP contribution in [0.3, 0.4) is 0 Å². The molecule has 1 aliphatic rings. The molecular formula is C16H26N2O4S. The van der Waals surface area contributed by atoms with Crippen LogP contribution in [0.25, 0.3) is 0 Å². The van der Waals surface area contributed by atoms with E-state index in [0.29, 0.717) is 18.7 Å². The van der Waals surface area contributed by atoms with Gasteiger partial charge in [-0.3, -0.25) is 9.35 Å². The average Bonchev–Trinajstić information content (AvgIpc) is 3.23. The summed E-state index contributed by atoms with van der Waals surface area (Å²) in [5.41, 5.74) is 6.57. The van der Waals surface area contributed by atoms with Crippen molar-refractivity contribution >= 4 is 16.0 Å². The van der Waals surface area contributed by atoms with Crippen LogP contribution in [0.15, 0.2) is 30.3 Å². The molecular weight excluding hydrogens is 316 g/mol. The van der Waals surface area contributed by atoms with E-state index >= 15 is 0 Å². The number of likely N-dealkylation sites (N-methyl/N-ethyl adjacent to an activating group) is 1. The van der Waals surface area contributed by atoms with E-state index < -0.39 is 10.1 Å². The summed E-state index contributed by atoms with van der Waals surface area (Å²) in [6.07, 6.45) is 1.61. The van der Waals surface area contributed by atoms with E-state index in [2.05, 4.69) is 12.1 Å². The van der Waals surface area contributed by atoms with E-state index in [1.807, 2.05) is 36.9 Å². The zero-order chi connectivity index (χ0) is 17.7. The van der Waals surface area contributed by atoms with Gasteiger partial charge in [0.05, 0.1) is 11.7 Å². The molecule has 0 saturated heterocycles. The van der Waals surface area contributed by atoms with Crippen molar-refractivity contribution in [1.82, 2.24) is 4.90 Å². The molecule has 7 heteroatoms. The first-order valence-corrected chi connectivity index (χ1v) is 9.52. The number of hydrogen-bond donors (Lipinski definition) is 2. The lowest BCUT2D eigenvalue weighted by molar-refractivity contribution is -0.134. The molecule has 23 heavy (non-hydrogen) atoms. The van der Waals surface area contributed by atoms with Crippen LogP contribution < -0.4 is 5.73 Å². The smallest absolute Gasteiger partial charge is 0.261 e. The summed E-state index contributed by atoms with van der Waals surface area (Å²) in [5, 5.41) is 0. The predicted molar refractivity (Wildman–Crippen MR) is 90.7 cm³/mol. The average molecular weight is 342 g/mol. The number of rotatable bonds is 5. The number of carbonyl (C=O) groups is 1. The van der Waals surface area contributed by atoms with E-state index in [-0.39, 0.29) is 11.3 Å². The van der Waals surface area contributed by atoms with Crippen LogP contribution in [0, 0.1) is 5.92 Å². The summed E-state index contributed by atoms with van der Waals surface area (Å²) in [6.45, 7) is 6.17. The lowest BCUT2D eigenvalue weighted by Gasteiger charge is -2.26. The van der Waals surface area contributed by atoms with Crippen molar-refractivity contribution in [3.63, 3.8) is 0 Å². The Morgan fingerprint density at radius 3 is 2.13 bits per heavy atom. The third-order valence-corrected chi connectivity index (χ3v) is 4.11. The van der Waals surface area contributed by atoms with Gasteiger partial charge in [0.1, 0.15) is 0 Å². The Bertz CT molecular complexity index is 606. The van der Waals surface area contributed by atoms with Gasteiger partial charge in [0.25, 0.3) is 10.1 Å². The van der Waals surface area contributed by atoms with Gasteiger partial charge in [0.2, 0.25) is 5.91 Å². The largest absolute Gasteiger partial charge is 0.342 e. The topological polar surface area (TPSA) is 101 Å². The second kappa shape index (κ2) is 7.90. The van der Waals surface area contributed by atoms with Gasteiger partial charge in [-0.05, 0) is 38.3 Å². The van der Waals surface area contributed by atoms with Crippen molar-refractivity contribution in [2.75, 3.05) is 25.9 Å². The molecule has 0 heterocycles. The SMILES string of the molecule is CCN(CC)C(=O)[C@]1(c2ccccc2)C[C@@H]1CN.CS(=O)(=O)O. The highest BCUT2D eigenvalue weighted by molar-refractivity contribution is 7.85. The summed E-state index contributed by atoms with van der Waals surface area (Å²) in [7, 11) is -3.67. The quantitative estimate of drug-likeness (QED) is 0.785. The number of carbonyl (C=O) groups excluding carboxylic acids is 1. The summed E-state index contributed by atoms with van der Waals surface area (Å²) in [6, 6.07) is 10.1. The third kappa shape index (κ3) is 5.02. The van der Waals surface area contributed by atoms with Gasteiger partial charge < -0.3 is 10.6 Å². The number of benzene rings is 1. The molecule has 1 amide bonds. The number of nitrogens with zero attached hydrogens (tertiary/aromatic N) is 1. The van der Waals surface area contributed by atoms with Crippen molar-refractivity contribution in [3.05, 3.63) is 35.9 Å². The van der Waals surface area contributed by atoms with E-state index in [9.17, 15) is 13.2 Å². The fraction of sp³-hybridized carbons (Fsp3) is 0.562. The molecule has 0 bridgehead atoms. The second-order valence-electron chi connectivity index (χ2n) is 5.68. The molecule has 2 rings (SSSR count). The highest BCUT2D eigenvalue weighted by Gasteiger charge is 2.61. The zero-order valence-electron chi connectivity index (χ0n) is 13.9. The Morgan fingerprint density at radius 2 is 1.78 bits per heavy atom. The second-order valence-corrected chi connectivity index (χ2v) is 7.15. The number of nitrogens with two attached hydrogens (primary N) is 1. The first-order chi connectivity index (χ1) is 10.7. The summed E-state index contributed by atoms with van der Waals surface area (Å²) in [5.74, 6) is 0.544. The molecule has 2 atom stereocenters. The third-order valence-electron chi connectivity index (χ3n) is 4.11. The summed E-state index contributed by atoms with van der Waals surface area (Å²) >= 11 is 0. The Kier molecular flexibility index (Phi) is 6.73. The van der Waals surface area contributed by atoms with Crippen molar-refractivity contribution < 1.29 is 17.8 Å². The van der Waals surface area contributed by atoms with Crippen LogP contribution in [0.5, 0.6) is 0 Å². The molecule has 6 nitrogen and oxygen atoms in total. The first-order valence-electron chi connectivity index (χ1n) is 7.68. The predicted octanol–water partition coefficient (Wildman–Crippen LogP) is 1.28. The maximum absolute atomic E-state index is 12.7. The monoisotopic (exact) mass is 342 g/mol. The van der Waals surface area contributed by atoms with Crippen LogP contribution in [-0.2, 0) is 20.3 Å². The minimum atomic E-state index is -3.67. The van der Waals surface area contributed by atoms with Crippen molar-refractivity contribution in [2.45, 2.75) is 25.7 Å². The minimum absolute atomic E-state index is 0.245. The van der Waals surface area contributed by atoms with Crippen molar-refractivity contribution in [3.8, 4) is 0 Å². The van der Waals surface area contributed by atoms with Gasteiger partial charge >= 0.3 is 0 Å². The molecule has 0 aliphatic heterocycles. The molecule has 1 aromatic rings. The Labute approximate surface area is 138 Å². The summed E-state index contributed by atoms with van der Waals surface area (Å²) in [4.78, 5) is 14.6. The Morgan fingerprint density at radius 1 is 1.30 bits per heavy atom.